The molecule has 0 aliphatic heterocycles. The van der Waals surface area contributed by atoms with E-state index in [2.05, 4.69) is 32.9 Å². The standard InChI is InChI=1S/C14H20O/c1-10-8-9-12(14(10,2)3)11-6-4-5-7-13(11)15/h6,8,12H,4-5,7,9H2,1-3H3. The molecule has 0 aromatic carbocycles. The van der Waals surface area contributed by atoms with Gasteiger partial charge in [0.1, 0.15) is 0 Å². The molecule has 2 aliphatic carbocycles. The predicted octanol–water partition coefficient (Wildman–Crippen LogP) is 3.66. The van der Waals surface area contributed by atoms with Crippen LogP contribution < -0.4 is 0 Å². The smallest absolute Gasteiger partial charge is 0.158 e. The van der Waals surface area contributed by atoms with E-state index < -0.39 is 0 Å². The average Bonchev–Trinajstić information content (AvgIpc) is 2.44. The first-order valence-corrected chi connectivity index (χ1v) is 5.94. The largest absolute Gasteiger partial charge is 0.295 e. The molecule has 0 N–H and O–H groups in total. The van der Waals surface area contributed by atoms with Gasteiger partial charge >= 0.3 is 0 Å². The van der Waals surface area contributed by atoms with Crippen LogP contribution in [0.15, 0.2) is 23.3 Å². The van der Waals surface area contributed by atoms with Gasteiger partial charge in [0.25, 0.3) is 0 Å². The number of ketones is 1. The van der Waals surface area contributed by atoms with Gasteiger partial charge in [-0.05, 0) is 43.1 Å². The Labute approximate surface area is 92.3 Å². The topological polar surface area (TPSA) is 17.1 Å². The maximum Gasteiger partial charge on any atom is 0.158 e. The summed E-state index contributed by atoms with van der Waals surface area (Å²) in [5, 5.41) is 0. The van der Waals surface area contributed by atoms with E-state index in [4.69, 9.17) is 0 Å². The van der Waals surface area contributed by atoms with Crippen LogP contribution in [0.3, 0.4) is 0 Å². The van der Waals surface area contributed by atoms with Crippen LogP contribution in [0, 0.1) is 11.3 Å². The molecule has 1 unspecified atom stereocenters. The van der Waals surface area contributed by atoms with Crippen LogP contribution in [0.5, 0.6) is 0 Å². The van der Waals surface area contributed by atoms with Crippen LogP contribution in [-0.2, 0) is 4.79 Å². The van der Waals surface area contributed by atoms with Crippen LogP contribution in [0.1, 0.15) is 46.5 Å². The lowest BCUT2D eigenvalue weighted by atomic mass is 9.71. The summed E-state index contributed by atoms with van der Waals surface area (Å²) in [6, 6.07) is 0. The van der Waals surface area contributed by atoms with Crippen LogP contribution >= 0.6 is 0 Å². The van der Waals surface area contributed by atoms with Gasteiger partial charge in [-0.1, -0.05) is 31.6 Å². The van der Waals surface area contributed by atoms with E-state index in [-0.39, 0.29) is 5.41 Å². The van der Waals surface area contributed by atoms with Gasteiger partial charge in [-0.25, -0.2) is 0 Å². The maximum atomic E-state index is 11.9. The number of rotatable bonds is 1. The van der Waals surface area contributed by atoms with Crippen molar-refractivity contribution in [1.29, 1.82) is 0 Å². The number of carbonyl (C=O) groups excluding carboxylic acids is 1. The van der Waals surface area contributed by atoms with E-state index in [1.807, 2.05) is 0 Å². The minimum atomic E-state index is 0.179. The molecule has 0 heterocycles. The number of carbonyl (C=O) groups is 1. The van der Waals surface area contributed by atoms with Crippen LogP contribution in [-0.4, -0.2) is 5.78 Å². The molecule has 1 nitrogen and oxygen atoms in total. The molecule has 2 aliphatic rings. The Morgan fingerprint density at radius 2 is 2.07 bits per heavy atom. The third kappa shape index (κ3) is 1.68. The van der Waals surface area contributed by atoms with Crippen molar-refractivity contribution < 1.29 is 4.79 Å². The lowest BCUT2D eigenvalue weighted by Gasteiger charge is -2.32. The summed E-state index contributed by atoms with van der Waals surface area (Å²) in [4.78, 5) is 11.9. The van der Waals surface area contributed by atoms with Crippen molar-refractivity contribution in [2.45, 2.75) is 46.5 Å². The Morgan fingerprint density at radius 1 is 1.33 bits per heavy atom. The summed E-state index contributed by atoms with van der Waals surface area (Å²) >= 11 is 0. The fourth-order valence-electron chi connectivity index (χ4n) is 2.76. The SMILES string of the molecule is CC1=CCC(C2=CCCCC2=O)C1(C)C. The van der Waals surface area contributed by atoms with Crippen LogP contribution in [0.4, 0.5) is 0 Å². The normalized spacial score (nSPS) is 30.1. The van der Waals surface area contributed by atoms with Crippen LogP contribution in [0.25, 0.3) is 0 Å². The van der Waals surface area contributed by atoms with Crippen molar-refractivity contribution in [1.82, 2.24) is 0 Å². The van der Waals surface area contributed by atoms with Gasteiger partial charge in [0.15, 0.2) is 5.78 Å². The average molecular weight is 204 g/mol. The third-order valence-electron chi connectivity index (χ3n) is 4.22. The molecule has 0 fully saturated rings. The molecular formula is C14H20O. The van der Waals surface area contributed by atoms with E-state index in [0.29, 0.717) is 11.7 Å². The lowest BCUT2D eigenvalue weighted by Crippen LogP contribution is -2.27. The van der Waals surface area contributed by atoms with Crippen molar-refractivity contribution >= 4 is 5.78 Å². The molecule has 0 aromatic heterocycles. The number of Topliss-reactive ketones (excluding diaryl/α,β-unsaturated/α-hetero) is 1. The second-order valence-electron chi connectivity index (χ2n) is 5.37. The molecule has 0 spiro atoms. The maximum absolute atomic E-state index is 11.9. The summed E-state index contributed by atoms with van der Waals surface area (Å²) in [6.07, 6.45) is 8.43. The highest BCUT2D eigenvalue weighted by Crippen LogP contribution is 2.47. The second kappa shape index (κ2) is 3.62. The summed E-state index contributed by atoms with van der Waals surface area (Å²) in [5.41, 5.74) is 2.73. The molecule has 0 bridgehead atoms. The van der Waals surface area contributed by atoms with Gasteiger partial charge in [-0.15, -0.1) is 0 Å². The van der Waals surface area contributed by atoms with Crippen molar-refractivity contribution in [3.63, 3.8) is 0 Å². The molecule has 0 aromatic rings. The molecule has 0 saturated carbocycles. The van der Waals surface area contributed by atoms with Crippen molar-refractivity contribution in [2.24, 2.45) is 11.3 Å². The second-order valence-corrected chi connectivity index (χ2v) is 5.37. The Kier molecular flexibility index (Phi) is 2.57. The van der Waals surface area contributed by atoms with Crippen LogP contribution in [0.2, 0.25) is 0 Å². The summed E-state index contributed by atoms with van der Waals surface area (Å²) in [5.74, 6) is 0.827. The quantitative estimate of drug-likeness (QED) is 0.596. The Morgan fingerprint density at radius 3 is 2.60 bits per heavy atom. The highest BCUT2D eigenvalue weighted by atomic mass is 16.1. The summed E-state index contributed by atoms with van der Waals surface area (Å²) in [7, 11) is 0. The van der Waals surface area contributed by atoms with Gasteiger partial charge in [0, 0.05) is 6.42 Å². The number of hydrogen-bond donors (Lipinski definition) is 0. The van der Waals surface area contributed by atoms with Crippen molar-refractivity contribution in [3.8, 4) is 0 Å². The molecule has 82 valence electrons. The zero-order valence-corrected chi connectivity index (χ0v) is 9.97. The first-order valence-electron chi connectivity index (χ1n) is 5.94. The van der Waals surface area contributed by atoms with E-state index in [1.165, 1.54) is 5.57 Å². The monoisotopic (exact) mass is 204 g/mol. The molecule has 0 radical (unpaired) electrons. The van der Waals surface area contributed by atoms with E-state index in [0.717, 1.165) is 31.3 Å². The Bertz CT molecular complexity index is 344. The number of allylic oxidation sites excluding steroid dienone is 4. The first-order chi connectivity index (χ1) is 7.03. The lowest BCUT2D eigenvalue weighted by molar-refractivity contribution is -0.116. The van der Waals surface area contributed by atoms with Crippen molar-refractivity contribution in [3.05, 3.63) is 23.3 Å². The third-order valence-corrected chi connectivity index (χ3v) is 4.22. The predicted molar refractivity (Wildman–Crippen MR) is 62.6 cm³/mol. The zero-order valence-electron chi connectivity index (χ0n) is 9.97. The highest BCUT2D eigenvalue weighted by molar-refractivity contribution is 5.96. The Balaban J connectivity index is 2.26. The minimum absolute atomic E-state index is 0.179. The van der Waals surface area contributed by atoms with E-state index in [1.54, 1.807) is 0 Å². The molecule has 0 amide bonds. The molecule has 2 rings (SSSR count). The fourth-order valence-corrected chi connectivity index (χ4v) is 2.76. The fraction of sp³-hybridized carbons (Fsp3) is 0.643. The summed E-state index contributed by atoms with van der Waals surface area (Å²) < 4.78 is 0. The highest BCUT2D eigenvalue weighted by Gasteiger charge is 2.39. The first kappa shape index (κ1) is 10.7. The minimum Gasteiger partial charge on any atom is -0.295 e. The van der Waals surface area contributed by atoms with E-state index in [9.17, 15) is 4.79 Å². The van der Waals surface area contributed by atoms with Gasteiger partial charge in [0.05, 0.1) is 0 Å². The zero-order chi connectivity index (χ0) is 11.1. The van der Waals surface area contributed by atoms with Gasteiger partial charge in [0.2, 0.25) is 0 Å². The molecule has 1 heteroatoms. The van der Waals surface area contributed by atoms with Gasteiger partial charge < -0.3 is 0 Å². The molecular weight excluding hydrogens is 184 g/mol. The van der Waals surface area contributed by atoms with E-state index >= 15 is 0 Å². The molecule has 1 atom stereocenters. The molecule has 15 heavy (non-hydrogen) atoms. The summed E-state index contributed by atoms with van der Waals surface area (Å²) in [6.45, 7) is 6.71. The number of hydrogen-bond acceptors (Lipinski definition) is 1. The van der Waals surface area contributed by atoms with Crippen molar-refractivity contribution in [2.75, 3.05) is 0 Å². The Hall–Kier alpha value is -0.850. The van der Waals surface area contributed by atoms with Gasteiger partial charge in [-0.2, -0.15) is 0 Å². The molecule has 0 saturated heterocycles. The van der Waals surface area contributed by atoms with Gasteiger partial charge in [-0.3, -0.25) is 4.79 Å².